The van der Waals surface area contributed by atoms with Crippen LogP contribution < -0.4 is 4.74 Å². The van der Waals surface area contributed by atoms with Crippen molar-refractivity contribution in [2.75, 3.05) is 0 Å². The Morgan fingerprint density at radius 3 is 2.40 bits per heavy atom. The molecule has 0 saturated heterocycles. The fraction of sp³-hybridized carbons (Fsp3) is 0.464. The summed E-state index contributed by atoms with van der Waals surface area (Å²) in [6.45, 7) is 5.75. The second kappa shape index (κ2) is 10.9. The Hall–Kier alpha value is -3.31. The number of fused-ring (bicyclic) bond motifs is 3. The molecule has 0 atom stereocenters. The number of benzene rings is 2. The zero-order valence-electron chi connectivity index (χ0n) is 22.4. The molecule has 5 rings (SSSR count). The summed E-state index contributed by atoms with van der Waals surface area (Å²) in [6, 6.07) is 11.8. The Morgan fingerprint density at radius 1 is 0.975 bits per heavy atom. The van der Waals surface area contributed by atoms with Gasteiger partial charge in [0, 0.05) is 10.9 Å². The first-order valence-corrected chi connectivity index (χ1v) is 13.5. The van der Waals surface area contributed by atoms with Gasteiger partial charge in [-0.3, -0.25) is 4.57 Å². The van der Waals surface area contributed by atoms with Gasteiger partial charge in [-0.15, -0.1) is 28.4 Å². The van der Waals surface area contributed by atoms with Crippen molar-refractivity contribution in [2.45, 2.75) is 83.3 Å². The molecule has 3 aromatic rings. The van der Waals surface area contributed by atoms with Crippen LogP contribution in [0.5, 0.6) is 5.75 Å². The lowest BCUT2D eigenvalue weighted by atomic mass is 9.78. The number of carbonyl (C=O) groups excluding carboxylic acids is 1. The standard InChI is InChI=1S/C28H30ClF3N4O4/c1-27(2,3)39-26(37)40-35-15-20-13-21(29)11-12-23(20)36-24(16-35)33-34-25(36)18-9-7-17(8-10-18)19-5-4-6-22(14-19)38-28(30,31)32/h4-6,11-14,17-18H,7-10,15-16H2,1-3H3. The van der Waals surface area contributed by atoms with Crippen LogP contribution in [0.3, 0.4) is 0 Å². The van der Waals surface area contributed by atoms with Crippen molar-refractivity contribution in [3.05, 3.63) is 70.3 Å². The Balaban J connectivity index is 1.36. The molecule has 0 bridgehead atoms. The molecular weight excluding hydrogens is 549 g/mol. The monoisotopic (exact) mass is 578 g/mol. The van der Waals surface area contributed by atoms with E-state index in [9.17, 15) is 18.0 Å². The van der Waals surface area contributed by atoms with Crippen molar-refractivity contribution in [3.8, 4) is 11.4 Å². The summed E-state index contributed by atoms with van der Waals surface area (Å²) in [4.78, 5) is 17.9. The highest BCUT2D eigenvalue weighted by Crippen LogP contribution is 2.42. The molecule has 1 saturated carbocycles. The normalized spacial score (nSPS) is 19.8. The molecule has 1 aliphatic carbocycles. The summed E-state index contributed by atoms with van der Waals surface area (Å²) in [5, 5.41) is 11.0. The first-order chi connectivity index (χ1) is 18.8. The fourth-order valence-corrected chi connectivity index (χ4v) is 5.55. The molecule has 1 fully saturated rings. The van der Waals surface area contributed by atoms with Crippen LogP contribution in [0.15, 0.2) is 42.5 Å². The number of ether oxygens (including phenoxy) is 2. The number of nitrogens with zero attached hydrogens (tertiary/aromatic N) is 4. The van der Waals surface area contributed by atoms with E-state index in [2.05, 4.69) is 14.9 Å². The van der Waals surface area contributed by atoms with E-state index >= 15 is 0 Å². The third-order valence-corrected chi connectivity index (χ3v) is 7.19. The van der Waals surface area contributed by atoms with E-state index in [0.29, 0.717) is 10.8 Å². The highest BCUT2D eigenvalue weighted by atomic mass is 35.5. The first-order valence-electron chi connectivity index (χ1n) is 13.1. The van der Waals surface area contributed by atoms with E-state index in [4.69, 9.17) is 21.2 Å². The Kier molecular flexibility index (Phi) is 7.71. The summed E-state index contributed by atoms with van der Waals surface area (Å²) in [6.07, 6.45) is -2.40. The predicted octanol–water partition coefficient (Wildman–Crippen LogP) is 7.44. The van der Waals surface area contributed by atoms with Crippen molar-refractivity contribution in [1.29, 1.82) is 0 Å². The smallest absolute Gasteiger partial charge is 0.427 e. The van der Waals surface area contributed by atoms with Gasteiger partial charge in [0.15, 0.2) is 5.82 Å². The van der Waals surface area contributed by atoms with Crippen molar-refractivity contribution in [3.63, 3.8) is 0 Å². The lowest BCUT2D eigenvalue weighted by molar-refractivity contribution is -0.274. The minimum absolute atomic E-state index is 0.0916. The number of hydroxylamine groups is 2. The van der Waals surface area contributed by atoms with E-state index in [1.54, 1.807) is 32.9 Å². The van der Waals surface area contributed by atoms with Gasteiger partial charge >= 0.3 is 12.5 Å². The average Bonchev–Trinajstić information content (AvgIpc) is 3.18. The Morgan fingerprint density at radius 2 is 1.70 bits per heavy atom. The van der Waals surface area contributed by atoms with E-state index in [1.807, 2.05) is 22.8 Å². The Labute approximate surface area is 234 Å². The fourth-order valence-electron chi connectivity index (χ4n) is 5.35. The number of hydrogen-bond acceptors (Lipinski definition) is 7. The maximum absolute atomic E-state index is 12.7. The van der Waals surface area contributed by atoms with Gasteiger partial charge < -0.3 is 14.3 Å². The van der Waals surface area contributed by atoms with Crippen LogP contribution in [0.1, 0.15) is 81.1 Å². The molecule has 1 aliphatic heterocycles. The minimum Gasteiger partial charge on any atom is -0.427 e. The highest BCUT2D eigenvalue weighted by molar-refractivity contribution is 6.30. The van der Waals surface area contributed by atoms with Crippen molar-refractivity contribution in [1.82, 2.24) is 19.8 Å². The first kappa shape index (κ1) is 28.2. The summed E-state index contributed by atoms with van der Waals surface area (Å²) in [7, 11) is 0. The summed E-state index contributed by atoms with van der Waals surface area (Å²) < 4.78 is 49.5. The largest absolute Gasteiger partial charge is 0.573 e. The molecule has 2 aliphatic rings. The van der Waals surface area contributed by atoms with Gasteiger partial charge in [0.25, 0.3) is 0 Å². The lowest BCUT2D eigenvalue weighted by Gasteiger charge is -2.29. The molecule has 1 aromatic heterocycles. The van der Waals surface area contributed by atoms with Crippen LogP contribution in [-0.2, 0) is 22.7 Å². The topological polar surface area (TPSA) is 78.7 Å². The Bertz CT molecular complexity index is 1380. The molecule has 12 heteroatoms. The molecular formula is C28H30ClF3N4O4. The SMILES string of the molecule is CC(C)(C)OC(=O)ON1Cc2cc(Cl)ccc2-n2c(nnc2C2CCC(c3cccc(OC(F)(F)F)c3)CC2)C1. The number of alkyl halides is 3. The zero-order chi connectivity index (χ0) is 28.7. The number of aromatic nitrogens is 3. The molecule has 0 radical (unpaired) electrons. The van der Waals surface area contributed by atoms with Crippen LogP contribution >= 0.6 is 11.6 Å². The van der Waals surface area contributed by atoms with E-state index < -0.39 is 18.1 Å². The van der Waals surface area contributed by atoms with Gasteiger partial charge in [-0.1, -0.05) is 23.7 Å². The molecule has 2 heterocycles. The van der Waals surface area contributed by atoms with Gasteiger partial charge in [-0.25, -0.2) is 4.79 Å². The number of carbonyl (C=O) groups is 1. The van der Waals surface area contributed by atoms with Gasteiger partial charge in [-0.2, -0.15) is 0 Å². The lowest BCUT2D eigenvalue weighted by Crippen LogP contribution is -2.31. The third kappa shape index (κ3) is 6.69. The quantitative estimate of drug-likeness (QED) is 0.298. The van der Waals surface area contributed by atoms with Crippen LogP contribution in [0.4, 0.5) is 18.0 Å². The number of halogens is 4. The summed E-state index contributed by atoms with van der Waals surface area (Å²) in [5.74, 6) is 1.41. The van der Waals surface area contributed by atoms with Gasteiger partial charge in [0.05, 0.1) is 18.8 Å². The van der Waals surface area contributed by atoms with E-state index in [1.165, 1.54) is 17.2 Å². The molecule has 0 amide bonds. The third-order valence-electron chi connectivity index (χ3n) is 6.95. The molecule has 2 aromatic carbocycles. The second-order valence-corrected chi connectivity index (χ2v) is 11.5. The summed E-state index contributed by atoms with van der Waals surface area (Å²) in [5.41, 5.74) is 1.82. The van der Waals surface area contributed by atoms with Crippen LogP contribution in [0, 0.1) is 0 Å². The molecule has 0 spiro atoms. The van der Waals surface area contributed by atoms with Crippen LogP contribution in [0.25, 0.3) is 5.69 Å². The molecule has 214 valence electrons. The zero-order valence-corrected chi connectivity index (χ0v) is 23.1. The van der Waals surface area contributed by atoms with E-state index in [-0.39, 0.29) is 30.7 Å². The second-order valence-electron chi connectivity index (χ2n) is 11.1. The van der Waals surface area contributed by atoms with Gasteiger partial charge in [0.1, 0.15) is 17.2 Å². The summed E-state index contributed by atoms with van der Waals surface area (Å²) >= 11 is 6.32. The molecule has 0 unspecified atom stereocenters. The number of hydrogen-bond donors (Lipinski definition) is 0. The molecule has 0 N–H and O–H groups in total. The van der Waals surface area contributed by atoms with Crippen molar-refractivity contribution >= 4 is 17.8 Å². The highest BCUT2D eigenvalue weighted by Gasteiger charge is 2.34. The van der Waals surface area contributed by atoms with Crippen molar-refractivity contribution in [2.24, 2.45) is 0 Å². The maximum Gasteiger partial charge on any atom is 0.573 e. The van der Waals surface area contributed by atoms with Gasteiger partial charge in [0.2, 0.25) is 0 Å². The van der Waals surface area contributed by atoms with Crippen LogP contribution in [-0.4, -0.2) is 37.9 Å². The number of rotatable bonds is 4. The van der Waals surface area contributed by atoms with E-state index in [0.717, 1.165) is 48.3 Å². The average molecular weight is 579 g/mol. The molecule has 8 nitrogen and oxygen atoms in total. The minimum atomic E-state index is -4.73. The van der Waals surface area contributed by atoms with Crippen molar-refractivity contribution < 1.29 is 32.3 Å². The maximum atomic E-state index is 12.7. The predicted molar refractivity (Wildman–Crippen MR) is 140 cm³/mol. The van der Waals surface area contributed by atoms with Crippen LogP contribution in [0.2, 0.25) is 5.02 Å². The van der Waals surface area contributed by atoms with Gasteiger partial charge in [-0.05, 0) is 93.8 Å². The molecule has 40 heavy (non-hydrogen) atoms.